The summed E-state index contributed by atoms with van der Waals surface area (Å²) in [6, 6.07) is 14.9. The van der Waals surface area contributed by atoms with Gasteiger partial charge in [0.15, 0.2) is 11.5 Å². The molecule has 25 heavy (non-hydrogen) atoms. The number of nitrogens with one attached hydrogen (secondary N) is 2. The Morgan fingerprint density at radius 2 is 1.80 bits per heavy atom. The Hall–Kier alpha value is -3.02. The first-order chi connectivity index (χ1) is 12.1. The van der Waals surface area contributed by atoms with E-state index in [0.29, 0.717) is 23.6 Å². The van der Waals surface area contributed by atoms with E-state index in [0.717, 1.165) is 5.56 Å². The first kappa shape index (κ1) is 16.8. The quantitative estimate of drug-likeness (QED) is 0.844. The van der Waals surface area contributed by atoms with Crippen LogP contribution in [-0.2, 0) is 4.79 Å². The number of benzene rings is 2. The standard InChI is InChI=1S/C19H20N2O4/c1-13(14-5-3-2-4-6-14)10-20-18(22)11-21-19(23)15-7-8-16-17(9-15)25-12-24-16/h2-9,13H,10-12H2,1H3,(H,20,22)(H,21,23). The summed E-state index contributed by atoms with van der Waals surface area (Å²) in [6.45, 7) is 2.64. The normalized spacial score (nSPS) is 13.2. The van der Waals surface area contributed by atoms with Crippen molar-refractivity contribution in [3.63, 3.8) is 0 Å². The molecule has 0 fully saturated rings. The smallest absolute Gasteiger partial charge is 0.251 e. The molecule has 0 bridgehead atoms. The van der Waals surface area contributed by atoms with Crippen molar-refractivity contribution >= 4 is 11.8 Å². The lowest BCUT2D eigenvalue weighted by Crippen LogP contribution is -2.38. The predicted molar refractivity (Wildman–Crippen MR) is 92.8 cm³/mol. The van der Waals surface area contributed by atoms with E-state index in [1.807, 2.05) is 37.3 Å². The van der Waals surface area contributed by atoms with Gasteiger partial charge in [-0.1, -0.05) is 37.3 Å². The molecule has 2 aromatic rings. The van der Waals surface area contributed by atoms with Crippen molar-refractivity contribution in [2.24, 2.45) is 0 Å². The summed E-state index contributed by atoms with van der Waals surface area (Å²) in [5, 5.41) is 5.44. The van der Waals surface area contributed by atoms with Crippen molar-refractivity contribution in [1.29, 1.82) is 0 Å². The van der Waals surface area contributed by atoms with E-state index in [1.54, 1.807) is 18.2 Å². The van der Waals surface area contributed by atoms with Crippen LogP contribution < -0.4 is 20.1 Å². The number of carbonyl (C=O) groups is 2. The maximum Gasteiger partial charge on any atom is 0.251 e. The van der Waals surface area contributed by atoms with Gasteiger partial charge in [0.2, 0.25) is 12.7 Å². The van der Waals surface area contributed by atoms with Gasteiger partial charge in [0, 0.05) is 12.1 Å². The topological polar surface area (TPSA) is 76.7 Å². The molecule has 1 aliphatic rings. The summed E-state index contributed by atoms with van der Waals surface area (Å²) >= 11 is 0. The van der Waals surface area contributed by atoms with Gasteiger partial charge in [0.05, 0.1) is 6.54 Å². The van der Waals surface area contributed by atoms with Crippen LogP contribution in [0.4, 0.5) is 0 Å². The molecule has 1 atom stereocenters. The molecule has 130 valence electrons. The third-order valence-electron chi connectivity index (χ3n) is 4.02. The van der Waals surface area contributed by atoms with Crippen LogP contribution in [0, 0.1) is 0 Å². The summed E-state index contributed by atoms with van der Waals surface area (Å²) < 4.78 is 10.4. The third-order valence-corrected chi connectivity index (χ3v) is 4.02. The van der Waals surface area contributed by atoms with Crippen molar-refractivity contribution in [3.05, 3.63) is 59.7 Å². The minimum absolute atomic E-state index is 0.0746. The van der Waals surface area contributed by atoms with Crippen LogP contribution in [0.1, 0.15) is 28.8 Å². The Balaban J connectivity index is 1.45. The second kappa shape index (κ2) is 7.70. The highest BCUT2D eigenvalue weighted by molar-refractivity contribution is 5.97. The Kier molecular flexibility index (Phi) is 5.18. The minimum atomic E-state index is -0.329. The van der Waals surface area contributed by atoms with Crippen molar-refractivity contribution in [1.82, 2.24) is 10.6 Å². The Bertz CT molecular complexity index is 761. The van der Waals surface area contributed by atoms with E-state index in [-0.39, 0.29) is 31.1 Å². The zero-order valence-corrected chi connectivity index (χ0v) is 14.0. The van der Waals surface area contributed by atoms with Crippen LogP contribution in [0.25, 0.3) is 0 Å². The zero-order chi connectivity index (χ0) is 17.6. The van der Waals surface area contributed by atoms with Crippen molar-refractivity contribution in [3.8, 4) is 11.5 Å². The van der Waals surface area contributed by atoms with E-state index in [2.05, 4.69) is 10.6 Å². The monoisotopic (exact) mass is 340 g/mol. The van der Waals surface area contributed by atoms with Gasteiger partial charge in [-0.3, -0.25) is 9.59 Å². The van der Waals surface area contributed by atoms with Gasteiger partial charge in [0.1, 0.15) is 0 Å². The van der Waals surface area contributed by atoms with Crippen LogP contribution in [0.3, 0.4) is 0 Å². The lowest BCUT2D eigenvalue weighted by Gasteiger charge is -2.13. The molecule has 1 unspecified atom stereocenters. The van der Waals surface area contributed by atoms with Crippen LogP contribution in [0.2, 0.25) is 0 Å². The Morgan fingerprint density at radius 1 is 1.04 bits per heavy atom. The number of rotatable bonds is 6. The first-order valence-corrected chi connectivity index (χ1v) is 8.13. The van der Waals surface area contributed by atoms with Gasteiger partial charge in [-0.15, -0.1) is 0 Å². The molecule has 0 spiro atoms. The van der Waals surface area contributed by atoms with Gasteiger partial charge < -0.3 is 20.1 Å². The number of fused-ring (bicyclic) bond motifs is 1. The molecule has 0 saturated carbocycles. The van der Waals surface area contributed by atoms with Crippen LogP contribution in [0.15, 0.2) is 48.5 Å². The maximum atomic E-state index is 12.1. The average molecular weight is 340 g/mol. The second-order valence-corrected chi connectivity index (χ2v) is 5.87. The fraction of sp³-hybridized carbons (Fsp3) is 0.263. The molecule has 0 aromatic heterocycles. The number of hydrogen-bond donors (Lipinski definition) is 2. The highest BCUT2D eigenvalue weighted by Gasteiger charge is 2.16. The lowest BCUT2D eigenvalue weighted by molar-refractivity contribution is -0.120. The number of hydrogen-bond acceptors (Lipinski definition) is 4. The molecule has 0 saturated heterocycles. The molecular weight excluding hydrogens is 320 g/mol. The van der Waals surface area contributed by atoms with Crippen molar-refractivity contribution < 1.29 is 19.1 Å². The van der Waals surface area contributed by atoms with Crippen molar-refractivity contribution in [2.45, 2.75) is 12.8 Å². The molecule has 2 N–H and O–H groups in total. The molecule has 0 radical (unpaired) electrons. The largest absolute Gasteiger partial charge is 0.454 e. The number of amides is 2. The highest BCUT2D eigenvalue weighted by atomic mass is 16.7. The molecule has 2 aromatic carbocycles. The van der Waals surface area contributed by atoms with E-state index < -0.39 is 0 Å². The number of carbonyl (C=O) groups excluding carboxylic acids is 2. The van der Waals surface area contributed by atoms with Gasteiger partial charge in [-0.25, -0.2) is 0 Å². The van der Waals surface area contributed by atoms with Gasteiger partial charge in [0.25, 0.3) is 5.91 Å². The molecule has 0 aliphatic carbocycles. The second-order valence-electron chi connectivity index (χ2n) is 5.87. The van der Waals surface area contributed by atoms with E-state index >= 15 is 0 Å². The minimum Gasteiger partial charge on any atom is -0.454 e. The van der Waals surface area contributed by atoms with E-state index in [9.17, 15) is 9.59 Å². The van der Waals surface area contributed by atoms with Crippen molar-refractivity contribution in [2.75, 3.05) is 19.9 Å². The van der Waals surface area contributed by atoms with E-state index in [1.165, 1.54) is 0 Å². The summed E-state index contributed by atoms with van der Waals surface area (Å²) in [7, 11) is 0. The maximum absolute atomic E-state index is 12.1. The number of ether oxygens (including phenoxy) is 2. The van der Waals surface area contributed by atoms with E-state index in [4.69, 9.17) is 9.47 Å². The SMILES string of the molecule is CC(CNC(=O)CNC(=O)c1ccc2c(c1)OCO2)c1ccccc1. The summed E-state index contributed by atoms with van der Waals surface area (Å²) in [5.41, 5.74) is 1.59. The summed E-state index contributed by atoms with van der Waals surface area (Å²) in [5.74, 6) is 0.800. The van der Waals surface area contributed by atoms with Gasteiger partial charge in [-0.2, -0.15) is 0 Å². The molecule has 1 aliphatic heterocycles. The zero-order valence-electron chi connectivity index (χ0n) is 14.0. The van der Waals surface area contributed by atoms with Crippen LogP contribution >= 0.6 is 0 Å². The first-order valence-electron chi connectivity index (χ1n) is 8.13. The van der Waals surface area contributed by atoms with Gasteiger partial charge in [-0.05, 0) is 29.7 Å². The fourth-order valence-electron chi connectivity index (χ4n) is 2.53. The molecule has 2 amide bonds. The molecule has 6 nitrogen and oxygen atoms in total. The highest BCUT2D eigenvalue weighted by Crippen LogP contribution is 2.32. The Morgan fingerprint density at radius 3 is 2.60 bits per heavy atom. The summed E-state index contributed by atoms with van der Waals surface area (Å²) in [6.07, 6.45) is 0. The average Bonchev–Trinajstić information content (AvgIpc) is 3.12. The third kappa shape index (κ3) is 4.29. The molecule has 6 heteroatoms. The van der Waals surface area contributed by atoms with Crippen LogP contribution in [-0.4, -0.2) is 31.7 Å². The summed E-state index contributed by atoms with van der Waals surface area (Å²) in [4.78, 5) is 24.1. The molecule has 1 heterocycles. The Labute approximate surface area is 146 Å². The molecule has 3 rings (SSSR count). The lowest BCUT2D eigenvalue weighted by atomic mass is 10.0. The van der Waals surface area contributed by atoms with Gasteiger partial charge >= 0.3 is 0 Å². The predicted octanol–water partition coefficient (Wildman–Crippen LogP) is 2.06. The molecular formula is C19H20N2O4. The fourth-order valence-corrected chi connectivity index (χ4v) is 2.53. The van der Waals surface area contributed by atoms with Crippen LogP contribution in [0.5, 0.6) is 11.5 Å².